The molecular formula is C12H17N3S. The molecule has 0 fully saturated rings. The Morgan fingerprint density at radius 1 is 1.50 bits per heavy atom. The fourth-order valence-electron chi connectivity index (χ4n) is 1.48. The molecule has 3 nitrogen and oxygen atoms in total. The number of nitrogens with two attached hydrogens (primary N) is 1. The lowest BCUT2D eigenvalue weighted by atomic mass is 10.0. The van der Waals surface area contributed by atoms with Gasteiger partial charge in [-0.25, -0.2) is 4.98 Å². The highest BCUT2D eigenvalue weighted by Gasteiger charge is 2.22. The summed E-state index contributed by atoms with van der Waals surface area (Å²) in [5.74, 6) is 0.857. The van der Waals surface area contributed by atoms with Gasteiger partial charge in [0.05, 0.1) is 22.3 Å². The Bertz CT molecular complexity index is 482. The van der Waals surface area contributed by atoms with E-state index < -0.39 is 0 Å². The molecule has 4 heteroatoms. The largest absolute Gasteiger partial charge is 0.340 e. The molecule has 2 aromatic heterocycles. The van der Waals surface area contributed by atoms with Crippen molar-refractivity contribution in [1.82, 2.24) is 9.97 Å². The fraction of sp³-hybridized carbons (Fsp3) is 0.417. The molecule has 0 aliphatic rings. The van der Waals surface area contributed by atoms with Crippen LogP contribution in [-0.2, 0) is 5.54 Å². The summed E-state index contributed by atoms with van der Waals surface area (Å²) in [4.78, 5) is 10.2. The summed E-state index contributed by atoms with van der Waals surface area (Å²) in [7, 11) is 0. The van der Waals surface area contributed by atoms with Crippen LogP contribution < -0.4 is 5.73 Å². The van der Waals surface area contributed by atoms with E-state index in [0.717, 1.165) is 17.9 Å². The molecule has 0 amide bonds. The molecule has 1 unspecified atom stereocenters. The van der Waals surface area contributed by atoms with Crippen LogP contribution in [0, 0.1) is 6.92 Å². The number of rotatable bonds is 3. The molecule has 1 atom stereocenters. The third-order valence-electron chi connectivity index (χ3n) is 2.86. The summed E-state index contributed by atoms with van der Waals surface area (Å²) in [6, 6.07) is 4.22. The van der Waals surface area contributed by atoms with E-state index in [2.05, 4.69) is 35.9 Å². The fourth-order valence-corrected chi connectivity index (χ4v) is 2.32. The minimum Gasteiger partial charge on any atom is -0.340 e. The highest BCUT2D eigenvalue weighted by atomic mass is 32.1. The van der Waals surface area contributed by atoms with Crippen LogP contribution in [0.25, 0.3) is 10.6 Å². The van der Waals surface area contributed by atoms with Crippen LogP contribution in [0.3, 0.4) is 0 Å². The second kappa shape index (κ2) is 4.03. The van der Waals surface area contributed by atoms with Gasteiger partial charge in [-0.2, -0.15) is 0 Å². The number of thiophene rings is 1. The van der Waals surface area contributed by atoms with Gasteiger partial charge >= 0.3 is 0 Å². The van der Waals surface area contributed by atoms with E-state index in [-0.39, 0.29) is 5.54 Å². The molecule has 3 N–H and O–H groups in total. The summed E-state index contributed by atoms with van der Waals surface area (Å²) in [5.41, 5.74) is 6.83. The van der Waals surface area contributed by atoms with Gasteiger partial charge in [0.25, 0.3) is 0 Å². The number of aromatic amines is 1. The Labute approximate surface area is 99.7 Å². The topological polar surface area (TPSA) is 54.7 Å². The lowest BCUT2D eigenvalue weighted by Gasteiger charge is -2.19. The van der Waals surface area contributed by atoms with Crippen LogP contribution in [0.2, 0.25) is 0 Å². The summed E-state index contributed by atoms with van der Waals surface area (Å²) in [6.45, 7) is 6.16. The predicted octanol–water partition coefficient (Wildman–Crippen LogP) is 3.03. The van der Waals surface area contributed by atoms with Gasteiger partial charge in [0, 0.05) is 4.88 Å². The SMILES string of the molecule is CCC(C)(N)c1ncc(-c2ccc(C)s2)[nH]1. The van der Waals surface area contributed by atoms with Crippen molar-refractivity contribution < 1.29 is 0 Å². The first-order valence-electron chi connectivity index (χ1n) is 5.44. The first-order chi connectivity index (χ1) is 7.53. The lowest BCUT2D eigenvalue weighted by Crippen LogP contribution is -2.33. The van der Waals surface area contributed by atoms with Crippen molar-refractivity contribution in [3.8, 4) is 10.6 Å². The average Bonchev–Trinajstić information content (AvgIpc) is 2.85. The standard InChI is InChI=1S/C12H17N3S/c1-4-12(3,13)11-14-7-9(15-11)10-6-5-8(2)16-10/h5-7H,4,13H2,1-3H3,(H,14,15). The number of hydrogen-bond donors (Lipinski definition) is 2. The highest BCUT2D eigenvalue weighted by Crippen LogP contribution is 2.28. The minimum absolute atomic E-state index is 0.370. The number of imidazole rings is 1. The Morgan fingerprint density at radius 2 is 2.25 bits per heavy atom. The van der Waals surface area contributed by atoms with Gasteiger partial charge in [0.2, 0.25) is 0 Å². The van der Waals surface area contributed by atoms with Gasteiger partial charge in [-0.3, -0.25) is 0 Å². The van der Waals surface area contributed by atoms with Gasteiger partial charge in [-0.05, 0) is 32.4 Å². The van der Waals surface area contributed by atoms with E-state index in [9.17, 15) is 0 Å². The molecular weight excluding hydrogens is 218 g/mol. The first-order valence-corrected chi connectivity index (χ1v) is 6.26. The zero-order chi connectivity index (χ0) is 11.8. The molecule has 0 saturated carbocycles. The zero-order valence-corrected chi connectivity index (χ0v) is 10.7. The summed E-state index contributed by atoms with van der Waals surface area (Å²) >= 11 is 1.76. The maximum atomic E-state index is 6.14. The number of hydrogen-bond acceptors (Lipinski definition) is 3. The van der Waals surface area contributed by atoms with Crippen LogP contribution in [-0.4, -0.2) is 9.97 Å². The molecule has 2 rings (SSSR count). The molecule has 0 spiro atoms. The maximum absolute atomic E-state index is 6.14. The third-order valence-corrected chi connectivity index (χ3v) is 3.89. The second-order valence-electron chi connectivity index (χ2n) is 4.33. The number of H-pyrrole nitrogens is 1. The Hall–Kier alpha value is -1.13. The highest BCUT2D eigenvalue weighted by molar-refractivity contribution is 7.15. The molecule has 0 bridgehead atoms. The molecule has 0 aliphatic carbocycles. The number of nitrogens with zero attached hydrogens (tertiary/aromatic N) is 1. The molecule has 16 heavy (non-hydrogen) atoms. The average molecular weight is 235 g/mol. The summed E-state index contributed by atoms with van der Waals surface area (Å²) in [6.07, 6.45) is 2.73. The van der Waals surface area contributed by atoms with E-state index in [4.69, 9.17) is 5.73 Å². The maximum Gasteiger partial charge on any atom is 0.126 e. The van der Waals surface area contributed by atoms with Gasteiger partial charge in [0.15, 0.2) is 0 Å². The summed E-state index contributed by atoms with van der Waals surface area (Å²) < 4.78 is 0. The smallest absolute Gasteiger partial charge is 0.126 e. The monoisotopic (exact) mass is 235 g/mol. The Morgan fingerprint density at radius 3 is 2.81 bits per heavy atom. The molecule has 2 aromatic rings. The minimum atomic E-state index is -0.370. The van der Waals surface area contributed by atoms with Crippen molar-refractivity contribution in [3.63, 3.8) is 0 Å². The van der Waals surface area contributed by atoms with Gasteiger partial charge in [0.1, 0.15) is 5.82 Å². The van der Waals surface area contributed by atoms with Gasteiger partial charge in [-0.15, -0.1) is 11.3 Å². The van der Waals surface area contributed by atoms with E-state index in [1.807, 2.05) is 13.1 Å². The van der Waals surface area contributed by atoms with Crippen LogP contribution >= 0.6 is 11.3 Å². The van der Waals surface area contributed by atoms with Gasteiger partial charge in [-0.1, -0.05) is 6.92 Å². The lowest BCUT2D eigenvalue weighted by molar-refractivity contribution is 0.450. The quantitative estimate of drug-likeness (QED) is 0.859. The number of aromatic nitrogens is 2. The Balaban J connectivity index is 2.33. The van der Waals surface area contributed by atoms with Crippen molar-refractivity contribution in [1.29, 1.82) is 0 Å². The second-order valence-corrected chi connectivity index (χ2v) is 5.61. The van der Waals surface area contributed by atoms with Crippen LogP contribution in [0.15, 0.2) is 18.3 Å². The zero-order valence-electron chi connectivity index (χ0n) is 9.87. The molecule has 0 saturated heterocycles. The molecule has 0 aromatic carbocycles. The molecule has 2 heterocycles. The van der Waals surface area contributed by atoms with Gasteiger partial charge < -0.3 is 10.7 Å². The van der Waals surface area contributed by atoms with E-state index in [1.165, 1.54) is 9.75 Å². The van der Waals surface area contributed by atoms with Crippen molar-refractivity contribution >= 4 is 11.3 Å². The van der Waals surface area contributed by atoms with Crippen LogP contribution in [0.1, 0.15) is 31.0 Å². The molecule has 86 valence electrons. The number of aryl methyl sites for hydroxylation is 1. The number of nitrogens with one attached hydrogen (secondary N) is 1. The summed E-state index contributed by atoms with van der Waals surface area (Å²) in [5, 5.41) is 0. The van der Waals surface area contributed by atoms with E-state index in [0.29, 0.717) is 0 Å². The van der Waals surface area contributed by atoms with Crippen molar-refractivity contribution in [2.24, 2.45) is 5.73 Å². The first kappa shape index (κ1) is 11.4. The normalized spacial score (nSPS) is 15.0. The molecule has 0 radical (unpaired) electrons. The van der Waals surface area contributed by atoms with E-state index in [1.54, 1.807) is 11.3 Å². The van der Waals surface area contributed by atoms with Crippen molar-refractivity contribution in [3.05, 3.63) is 29.0 Å². The van der Waals surface area contributed by atoms with Crippen LogP contribution in [0.4, 0.5) is 0 Å². The molecule has 0 aliphatic heterocycles. The van der Waals surface area contributed by atoms with Crippen LogP contribution in [0.5, 0.6) is 0 Å². The third kappa shape index (κ3) is 2.03. The van der Waals surface area contributed by atoms with E-state index >= 15 is 0 Å². The van der Waals surface area contributed by atoms with Crippen molar-refractivity contribution in [2.75, 3.05) is 0 Å². The van der Waals surface area contributed by atoms with Crippen molar-refractivity contribution in [2.45, 2.75) is 32.7 Å². The predicted molar refractivity (Wildman–Crippen MR) is 68.5 cm³/mol. The Kier molecular flexibility index (Phi) is 2.86.